The third-order valence-corrected chi connectivity index (χ3v) is 6.99. The smallest absolute Gasteiger partial charge is 0.244 e. The molecular weight excluding hydrogens is 513 g/mol. The molecular formula is C24H31Cl2N3O5S. The van der Waals surface area contributed by atoms with Gasteiger partial charge in [-0.3, -0.25) is 13.9 Å². The first-order valence-electron chi connectivity index (χ1n) is 10.8. The van der Waals surface area contributed by atoms with Crippen molar-refractivity contribution in [3.05, 3.63) is 58.1 Å². The minimum atomic E-state index is -3.92. The molecule has 11 heteroatoms. The van der Waals surface area contributed by atoms with Crippen molar-refractivity contribution in [3.63, 3.8) is 0 Å². The minimum absolute atomic E-state index is 0.00706. The van der Waals surface area contributed by atoms with Crippen molar-refractivity contribution in [2.45, 2.75) is 45.8 Å². The fraction of sp³-hybridized carbons (Fsp3) is 0.417. The van der Waals surface area contributed by atoms with Crippen LogP contribution >= 0.6 is 23.2 Å². The maximum absolute atomic E-state index is 13.5. The van der Waals surface area contributed by atoms with E-state index >= 15 is 0 Å². The van der Waals surface area contributed by atoms with Gasteiger partial charge in [-0.2, -0.15) is 0 Å². The normalized spacial score (nSPS) is 12.6. The number of hydrogen-bond acceptors (Lipinski definition) is 5. The number of methoxy groups -OCH3 is 1. The van der Waals surface area contributed by atoms with Crippen LogP contribution in [0.15, 0.2) is 42.5 Å². The lowest BCUT2D eigenvalue weighted by Gasteiger charge is -2.33. The number of rotatable bonds is 9. The summed E-state index contributed by atoms with van der Waals surface area (Å²) in [4.78, 5) is 27.8. The Morgan fingerprint density at radius 2 is 1.69 bits per heavy atom. The van der Waals surface area contributed by atoms with Gasteiger partial charge in [-0.25, -0.2) is 8.42 Å². The van der Waals surface area contributed by atoms with E-state index in [1.54, 1.807) is 44.4 Å². The summed E-state index contributed by atoms with van der Waals surface area (Å²) in [5, 5.41) is 3.03. The number of sulfonamides is 1. The van der Waals surface area contributed by atoms with E-state index < -0.39 is 34.1 Å². The van der Waals surface area contributed by atoms with Gasteiger partial charge in [-0.15, -0.1) is 0 Å². The molecule has 192 valence electrons. The van der Waals surface area contributed by atoms with Crippen LogP contribution in [0.5, 0.6) is 5.75 Å². The number of nitrogens with zero attached hydrogens (tertiary/aromatic N) is 2. The molecule has 8 nitrogen and oxygen atoms in total. The van der Waals surface area contributed by atoms with Crippen LogP contribution in [0, 0.1) is 0 Å². The molecule has 35 heavy (non-hydrogen) atoms. The molecule has 2 aromatic carbocycles. The predicted octanol–water partition coefficient (Wildman–Crippen LogP) is 4.10. The molecule has 0 aromatic heterocycles. The lowest BCUT2D eigenvalue weighted by Crippen LogP contribution is -2.54. The summed E-state index contributed by atoms with van der Waals surface area (Å²) in [5.41, 5.74) is 0.292. The van der Waals surface area contributed by atoms with E-state index in [4.69, 9.17) is 27.9 Å². The summed E-state index contributed by atoms with van der Waals surface area (Å²) in [5.74, 6) is -0.311. The van der Waals surface area contributed by atoms with Crippen LogP contribution in [-0.4, -0.2) is 56.6 Å². The molecule has 0 aliphatic carbocycles. The summed E-state index contributed by atoms with van der Waals surface area (Å²) >= 11 is 12.3. The highest BCUT2D eigenvalue weighted by molar-refractivity contribution is 7.92. The topological polar surface area (TPSA) is 96.0 Å². The molecule has 0 heterocycles. The van der Waals surface area contributed by atoms with Gasteiger partial charge < -0.3 is 15.0 Å². The van der Waals surface area contributed by atoms with Gasteiger partial charge in [0.05, 0.1) is 29.1 Å². The van der Waals surface area contributed by atoms with Crippen LogP contribution in [0.2, 0.25) is 10.0 Å². The summed E-state index contributed by atoms with van der Waals surface area (Å²) in [6.07, 6.45) is 0.973. The highest BCUT2D eigenvalue weighted by atomic mass is 35.5. The molecule has 1 N–H and O–H groups in total. The van der Waals surface area contributed by atoms with Crippen molar-refractivity contribution >= 4 is 50.7 Å². The third kappa shape index (κ3) is 8.02. The highest BCUT2D eigenvalue weighted by Crippen LogP contribution is 2.33. The molecule has 0 bridgehead atoms. The SMILES string of the molecule is COc1ccc(CN(C(=O)CN(c2cccc(Cl)c2Cl)S(C)(=O)=O)[C@H](C)C(=O)NC(C)(C)C)cc1. The van der Waals surface area contributed by atoms with Crippen molar-refractivity contribution in [1.82, 2.24) is 10.2 Å². The standard InChI is InChI=1S/C24H31Cl2N3O5S/c1-16(23(31)27-24(2,3)4)28(14-17-10-12-18(34-5)13-11-17)21(30)15-29(35(6,32)33)20-9-7-8-19(25)22(20)26/h7-13,16H,14-15H2,1-6H3,(H,27,31)/t16-/m1/s1. The molecule has 1 atom stereocenters. The summed E-state index contributed by atoms with van der Waals surface area (Å²) in [7, 11) is -2.37. The van der Waals surface area contributed by atoms with Crippen LogP contribution in [0.3, 0.4) is 0 Å². The fourth-order valence-electron chi connectivity index (χ4n) is 3.26. The Bertz CT molecular complexity index is 1160. The van der Waals surface area contributed by atoms with Gasteiger partial charge in [-0.1, -0.05) is 41.4 Å². The molecule has 0 saturated heterocycles. The van der Waals surface area contributed by atoms with Crippen LogP contribution in [0.1, 0.15) is 33.3 Å². The highest BCUT2D eigenvalue weighted by Gasteiger charge is 2.32. The average molecular weight is 545 g/mol. The molecule has 0 unspecified atom stereocenters. The fourth-order valence-corrected chi connectivity index (χ4v) is 4.57. The number of carbonyl (C=O) groups is 2. The van der Waals surface area contributed by atoms with E-state index in [1.165, 1.54) is 17.0 Å². The Kier molecular flexibility index (Phi) is 9.44. The van der Waals surface area contributed by atoms with Crippen molar-refractivity contribution in [2.75, 3.05) is 24.2 Å². The van der Waals surface area contributed by atoms with Crippen LogP contribution in [0.25, 0.3) is 0 Å². The number of amides is 2. The predicted molar refractivity (Wildman–Crippen MR) is 140 cm³/mol. The Morgan fingerprint density at radius 3 is 2.20 bits per heavy atom. The first-order valence-corrected chi connectivity index (χ1v) is 13.4. The number of halogens is 2. The van der Waals surface area contributed by atoms with Crippen molar-refractivity contribution in [3.8, 4) is 5.75 Å². The van der Waals surface area contributed by atoms with Crippen molar-refractivity contribution < 1.29 is 22.7 Å². The van der Waals surface area contributed by atoms with Crippen LogP contribution in [-0.2, 0) is 26.2 Å². The van der Waals surface area contributed by atoms with Gasteiger partial charge in [0.1, 0.15) is 18.3 Å². The monoisotopic (exact) mass is 543 g/mol. The average Bonchev–Trinajstić information content (AvgIpc) is 2.76. The quantitative estimate of drug-likeness (QED) is 0.513. The second kappa shape index (κ2) is 11.5. The third-order valence-electron chi connectivity index (χ3n) is 5.06. The van der Waals surface area contributed by atoms with E-state index in [-0.39, 0.29) is 28.2 Å². The Morgan fingerprint density at radius 1 is 1.09 bits per heavy atom. The number of hydrogen-bond donors (Lipinski definition) is 1. The number of benzene rings is 2. The van der Waals surface area contributed by atoms with E-state index in [0.29, 0.717) is 5.75 Å². The number of ether oxygens (including phenoxy) is 1. The number of anilines is 1. The largest absolute Gasteiger partial charge is 0.497 e. The second-order valence-electron chi connectivity index (χ2n) is 9.13. The Balaban J connectivity index is 2.44. The first kappa shape index (κ1) is 28.7. The van der Waals surface area contributed by atoms with E-state index in [2.05, 4.69) is 5.32 Å². The zero-order valence-corrected chi connectivity index (χ0v) is 23.0. The molecule has 0 aliphatic rings. The Labute approximate surface area is 217 Å². The summed E-state index contributed by atoms with van der Waals surface area (Å²) in [6, 6.07) is 10.7. The van der Waals surface area contributed by atoms with Crippen LogP contribution in [0.4, 0.5) is 5.69 Å². The molecule has 2 aromatic rings. The molecule has 0 fully saturated rings. The van der Waals surface area contributed by atoms with Crippen molar-refractivity contribution in [1.29, 1.82) is 0 Å². The van der Waals surface area contributed by atoms with E-state index in [9.17, 15) is 18.0 Å². The molecule has 0 spiro atoms. The molecule has 0 saturated carbocycles. The maximum Gasteiger partial charge on any atom is 0.244 e. The van der Waals surface area contributed by atoms with Gasteiger partial charge in [0.2, 0.25) is 21.8 Å². The number of carbonyl (C=O) groups excluding carboxylic acids is 2. The summed E-state index contributed by atoms with van der Waals surface area (Å²) in [6.45, 7) is 6.60. The molecule has 0 aliphatic heterocycles. The Hall–Kier alpha value is -2.49. The minimum Gasteiger partial charge on any atom is -0.497 e. The van der Waals surface area contributed by atoms with Crippen LogP contribution < -0.4 is 14.4 Å². The lowest BCUT2D eigenvalue weighted by molar-refractivity contribution is -0.140. The zero-order chi connectivity index (χ0) is 26.6. The van der Waals surface area contributed by atoms with Gasteiger partial charge >= 0.3 is 0 Å². The maximum atomic E-state index is 13.5. The molecule has 2 amide bonds. The molecule has 0 radical (unpaired) electrons. The second-order valence-corrected chi connectivity index (χ2v) is 11.8. The van der Waals surface area contributed by atoms with Gasteiger partial charge in [0, 0.05) is 12.1 Å². The zero-order valence-electron chi connectivity index (χ0n) is 20.6. The molecule has 2 rings (SSSR count). The van der Waals surface area contributed by atoms with E-state index in [1.807, 2.05) is 20.8 Å². The van der Waals surface area contributed by atoms with Gasteiger partial charge in [0.25, 0.3) is 0 Å². The van der Waals surface area contributed by atoms with Gasteiger partial charge in [-0.05, 0) is 57.5 Å². The van der Waals surface area contributed by atoms with E-state index in [0.717, 1.165) is 16.1 Å². The summed E-state index contributed by atoms with van der Waals surface area (Å²) < 4.78 is 31.3. The first-order chi connectivity index (χ1) is 16.1. The van der Waals surface area contributed by atoms with Gasteiger partial charge in [0.15, 0.2) is 0 Å². The van der Waals surface area contributed by atoms with Crippen molar-refractivity contribution in [2.24, 2.45) is 0 Å². The lowest BCUT2D eigenvalue weighted by atomic mass is 10.1. The number of nitrogens with one attached hydrogen (secondary N) is 1.